The van der Waals surface area contributed by atoms with Gasteiger partial charge in [-0.1, -0.05) is 0 Å². The molecule has 9 heteroatoms. The summed E-state index contributed by atoms with van der Waals surface area (Å²) < 4.78 is 35.9. The fourth-order valence-electron chi connectivity index (χ4n) is 1.75. The Balaban J connectivity index is 2.13. The monoisotopic (exact) mass is 304 g/mol. The molecule has 1 fully saturated rings. The number of ether oxygens (including phenoxy) is 1. The molecule has 1 saturated heterocycles. The van der Waals surface area contributed by atoms with Crippen molar-refractivity contribution in [1.29, 1.82) is 0 Å². The number of carbonyl (C=O) groups is 1. The Bertz CT molecular complexity index is 561. The van der Waals surface area contributed by atoms with Crippen molar-refractivity contribution in [2.75, 3.05) is 39.5 Å². The minimum Gasteiger partial charge on any atom is -0.438 e. The number of aliphatic hydroxyl groups is 1. The van der Waals surface area contributed by atoms with E-state index in [0.717, 1.165) is 0 Å². The lowest BCUT2D eigenvalue weighted by atomic mass is 10.4. The van der Waals surface area contributed by atoms with Crippen LogP contribution in [0, 0.1) is 0 Å². The first-order valence-electron chi connectivity index (χ1n) is 6.12. The summed E-state index contributed by atoms with van der Waals surface area (Å²) in [5.74, 6) is -0.673. The average Bonchev–Trinajstić information content (AvgIpc) is 2.96. The third kappa shape index (κ3) is 3.18. The van der Waals surface area contributed by atoms with Gasteiger partial charge in [-0.3, -0.25) is 4.79 Å². The molecule has 2 N–H and O–H groups in total. The van der Waals surface area contributed by atoms with E-state index in [1.807, 2.05) is 0 Å². The number of rotatable bonds is 5. The first kappa shape index (κ1) is 15.0. The second-order valence-corrected chi connectivity index (χ2v) is 5.98. The molecule has 112 valence electrons. The van der Waals surface area contributed by atoms with E-state index in [1.54, 1.807) is 0 Å². The van der Waals surface area contributed by atoms with Crippen LogP contribution in [0.25, 0.3) is 0 Å². The Kier molecular flexibility index (Phi) is 4.76. The highest BCUT2D eigenvalue weighted by molar-refractivity contribution is 7.89. The fraction of sp³-hybridized carbons (Fsp3) is 0.545. The largest absolute Gasteiger partial charge is 0.438 e. The number of nitrogens with one attached hydrogen (secondary N) is 1. The van der Waals surface area contributed by atoms with E-state index in [0.29, 0.717) is 13.2 Å². The van der Waals surface area contributed by atoms with Crippen LogP contribution in [-0.4, -0.2) is 63.2 Å². The molecular weight excluding hydrogens is 288 g/mol. The lowest BCUT2D eigenvalue weighted by molar-refractivity contribution is 0.0722. The zero-order valence-electron chi connectivity index (χ0n) is 10.7. The van der Waals surface area contributed by atoms with Gasteiger partial charge in [0.2, 0.25) is 5.09 Å². The number of aliphatic hydroxyl groups excluding tert-OH is 1. The Morgan fingerprint density at radius 3 is 2.70 bits per heavy atom. The molecule has 0 bridgehead atoms. The van der Waals surface area contributed by atoms with Crippen LogP contribution in [-0.2, 0) is 14.8 Å². The highest BCUT2D eigenvalue weighted by atomic mass is 32.2. The van der Waals surface area contributed by atoms with Crippen molar-refractivity contribution in [3.63, 3.8) is 0 Å². The summed E-state index contributed by atoms with van der Waals surface area (Å²) in [4.78, 5) is 11.6. The molecule has 0 aliphatic carbocycles. The van der Waals surface area contributed by atoms with Crippen LogP contribution in [0.2, 0.25) is 0 Å². The van der Waals surface area contributed by atoms with Gasteiger partial charge in [0.25, 0.3) is 15.9 Å². The van der Waals surface area contributed by atoms with Crippen LogP contribution in [0.5, 0.6) is 0 Å². The summed E-state index contributed by atoms with van der Waals surface area (Å²) >= 11 is 0. The van der Waals surface area contributed by atoms with Crippen LogP contribution < -0.4 is 5.32 Å². The van der Waals surface area contributed by atoms with Crippen molar-refractivity contribution >= 4 is 15.9 Å². The van der Waals surface area contributed by atoms with Gasteiger partial charge in [-0.25, -0.2) is 8.42 Å². The van der Waals surface area contributed by atoms with E-state index in [1.165, 1.54) is 16.4 Å². The van der Waals surface area contributed by atoms with Crippen LogP contribution in [0.1, 0.15) is 10.6 Å². The molecule has 8 nitrogen and oxygen atoms in total. The third-order valence-corrected chi connectivity index (χ3v) is 4.54. The molecule has 1 amide bonds. The number of hydrogen-bond acceptors (Lipinski definition) is 6. The summed E-state index contributed by atoms with van der Waals surface area (Å²) in [6.07, 6.45) is 0. The number of furan rings is 1. The van der Waals surface area contributed by atoms with Crippen molar-refractivity contribution in [3.8, 4) is 0 Å². The topological polar surface area (TPSA) is 109 Å². The van der Waals surface area contributed by atoms with Gasteiger partial charge < -0.3 is 19.6 Å². The first-order chi connectivity index (χ1) is 9.55. The Morgan fingerprint density at radius 1 is 1.35 bits per heavy atom. The van der Waals surface area contributed by atoms with Crippen LogP contribution in [0.4, 0.5) is 0 Å². The highest BCUT2D eigenvalue weighted by Crippen LogP contribution is 2.19. The molecule has 2 rings (SSSR count). The number of sulfonamides is 1. The van der Waals surface area contributed by atoms with Gasteiger partial charge >= 0.3 is 0 Å². The van der Waals surface area contributed by atoms with Crippen LogP contribution in [0.15, 0.2) is 21.6 Å². The number of nitrogens with zero attached hydrogens (tertiary/aromatic N) is 1. The van der Waals surface area contributed by atoms with Crippen molar-refractivity contribution in [2.24, 2.45) is 0 Å². The first-order valence-corrected chi connectivity index (χ1v) is 7.56. The molecule has 0 atom stereocenters. The smallest absolute Gasteiger partial charge is 0.287 e. The quantitative estimate of drug-likeness (QED) is 0.724. The Labute approximate surface area is 116 Å². The Hall–Kier alpha value is -1.42. The van der Waals surface area contributed by atoms with Gasteiger partial charge in [0.15, 0.2) is 5.76 Å². The van der Waals surface area contributed by atoms with Gasteiger partial charge in [0, 0.05) is 19.6 Å². The number of amides is 1. The van der Waals surface area contributed by atoms with Crippen LogP contribution in [0.3, 0.4) is 0 Å². The zero-order chi connectivity index (χ0) is 14.6. The van der Waals surface area contributed by atoms with Crippen LogP contribution >= 0.6 is 0 Å². The van der Waals surface area contributed by atoms with E-state index in [4.69, 9.17) is 14.3 Å². The van der Waals surface area contributed by atoms with Gasteiger partial charge in [-0.2, -0.15) is 4.31 Å². The maximum absolute atomic E-state index is 12.2. The second-order valence-electron chi connectivity index (χ2n) is 4.11. The maximum Gasteiger partial charge on any atom is 0.287 e. The molecule has 0 saturated carbocycles. The van der Waals surface area contributed by atoms with E-state index >= 15 is 0 Å². The molecule has 20 heavy (non-hydrogen) atoms. The van der Waals surface area contributed by atoms with E-state index in [2.05, 4.69) is 5.32 Å². The molecule has 1 aromatic heterocycles. The third-order valence-electron chi connectivity index (χ3n) is 2.77. The predicted molar refractivity (Wildman–Crippen MR) is 67.7 cm³/mol. The molecule has 0 radical (unpaired) electrons. The van der Waals surface area contributed by atoms with E-state index < -0.39 is 15.9 Å². The molecule has 0 unspecified atom stereocenters. The SMILES string of the molecule is O=C(NCCO)c1ccc(S(=O)(=O)N2CCOCC2)o1. The standard InChI is InChI=1S/C11H16N2O6S/c14-6-3-12-11(15)9-1-2-10(19-9)20(16,17)13-4-7-18-8-5-13/h1-2,14H,3-8H2,(H,12,15). The summed E-state index contributed by atoms with van der Waals surface area (Å²) in [6.45, 7) is 1.06. The Morgan fingerprint density at radius 2 is 2.05 bits per heavy atom. The van der Waals surface area contributed by atoms with Crippen molar-refractivity contribution in [3.05, 3.63) is 17.9 Å². The van der Waals surface area contributed by atoms with E-state index in [-0.39, 0.29) is 37.1 Å². The van der Waals surface area contributed by atoms with Crippen molar-refractivity contribution < 1.29 is 27.5 Å². The summed E-state index contributed by atoms with van der Waals surface area (Å²) in [5.41, 5.74) is 0. The lowest BCUT2D eigenvalue weighted by Gasteiger charge is -2.24. The second kappa shape index (κ2) is 6.35. The minimum atomic E-state index is -3.74. The van der Waals surface area contributed by atoms with E-state index in [9.17, 15) is 13.2 Å². The molecule has 0 aromatic carbocycles. The number of hydrogen-bond donors (Lipinski definition) is 2. The minimum absolute atomic E-state index is 0.0745. The average molecular weight is 304 g/mol. The van der Waals surface area contributed by atoms with Gasteiger partial charge in [-0.15, -0.1) is 0 Å². The fourth-order valence-corrected chi connectivity index (χ4v) is 3.07. The molecule has 0 spiro atoms. The van der Waals surface area contributed by atoms with Gasteiger partial charge in [-0.05, 0) is 12.1 Å². The molecule has 1 aliphatic rings. The highest BCUT2D eigenvalue weighted by Gasteiger charge is 2.29. The normalized spacial score (nSPS) is 17.1. The summed E-state index contributed by atoms with van der Waals surface area (Å²) in [6, 6.07) is 2.54. The predicted octanol–water partition coefficient (Wildman–Crippen LogP) is -0.977. The summed E-state index contributed by atoms with van der Waals surface area (Å²) in [5, 5.41) is 10.7. The van der Waals surface area contributed by atoms with Gasteiger partial charge in [0.1, 0.15) is 0 Å². The molecular formula is C11H16N2O6S. The molecule has 1 aromatic rings. The van der Waals surface area contributed by atoms with Gasteiger partial charge in [0.05, 0.1) is 19.8 Å². The molecule has 1 aliphatic heterocycles. The number of morpholine rings is 1. The maximum atomic E-state index is 12.2. The zero-order valence-corrected chi connectivity index (χ0v) is 11.6. The lowest BCUT2D eigenvalue weighted by Crippen LogP contribution is -2.40. The summed E-state index contributed by atoms with van der Waals surface area (Å²) in [7, 11) is -3.74. The number of carbonyl (C=O) groups excluding carboxylic acids is 1. The molecule has 2 heterocycles. The van der Waals surface area contributed by atoms with Crippen molar-refractivity contribution in [2.45, 2.75) is 5.09 Å². The van der Waals surface area contributed by atoms with Crippen molar-refractivity contribution in [1.82, 2.24) is 9.62 Å².